The number of rotatable bonds is 1. The molecule has 1 aromatic heterocycles. The van der Waals surface area contributed by atoms with Crippen LogP contribution in [0.4, 0.5) is 0 Å². The first-order valence-electron chi connectivity index (χ1n) is 3.58. The van der Waals surface area contributed by atoms with Gasteiger partial charge >= 0.3 is 0 Å². The van der Waals surface area contributed by atoms with Gasteiger partial charge in [-0.05, 0) is 17.5 Å². The van der Waals surface area contributed by atoms with E-state index in [1.165, 1.54) is 0 Å². The van der Waals surface area contributed by atoms with E-state index in [4.69, 9.17) is 11.6 Å². The van der Waals surface area contributed by atoms with Crippen LogP contribution in [0.2, 0.25) is 5.02 Å². The number of halogens is 1. The molecule has 1 heterocycles. The highest BCUT2D eigenvalue weighted by Crippen LogP contribution is 2.35. The van der Waals surface area contributed by atoms with Crippen molar-refractivity contribution in [3.63, 3.8) is 0 Å². The molecule has 0 fully saturated rings. The third-order valence-corrected chi connectivity index (χ3v) is 3.09. The Balaban J connectivity index is 2.90. The first kappa shape index (κ1) is 8.53. The minimum Gasteiger partial charge on any atom is -0.499 e. The summed E-state index contributed by atoms with van der Waals surface area (Å²) in [6.45, 7) is 0. The largest absolute Gasteiger partial charge is 0.499 e. The summed E-state index contributed by atoms with van der Waals surface area (Å²) < 4.78 is 0.736. The molecule has 1 aromatic carbocycles. The minimum atomic E-state index is 0.195. The van der Waals surface area contributed by atoms with Gasteiger partial charge in [-0.15, -0.1) is 0 Å². The predicted molar refractivity (Wildman–Crippen MR) is 53.9 cm³/mol. The molecule has 2 aromatic rings. The molecule has 0 aliphatic heterocycles. The van der Waals surface area contributed by atoms with Crippen LogP contribution < -0.4 is 0 Å². The van der Waals surface area contributed by atoms with Crippen molar-refractivity contribution in [3.8, 4) is 5.06 Å². The Morgan fingerprint density at radius 1 is 1.46 bits per heavy atom. The number of fused-ring (bicyclic) bond motifs is 1. The standard InChI is InChI=1S/C9H5ClO2S/c10-7-2-1-5-3-8(12)13-9(5)6(7)4-11/h1-4,12H. The van der Waals surface area contributed by atoms with Gasteiger partial charge in [0, 0.05) is 0 Å². The molecule has 0 saturated carbocycles. The quantitative estimate of drug-likeness (QED) is 0.738. The van der Waals surface area contributed by atoms with Crippen LogP contribution in [0, 0.1) is 0 Å². The molecule has 0 unspecified atom stereocenters. The molecule has 2 nitrogen and oxygen atoms in total. The van der Waals surface area contributed by atoms with Crippen molar-refractivity contribution >= 4 is 39.3 Å². The maximum absolute atomic E-state index is 10.7. The summed E-state index contributed by atoms with van der Waals surface area (Å²) in [7, 11) is 0. The van der Waals surface area contributed by atoms with E-state index in [0.29, 0.717) is 16.9 Å². The Morgan fingerprint density at radius 3 is 2.92 bits per heavy atom. The molecule has 0 amide bonds. The maximum Gasteiger partial charge on any atom is 0.172 e. The van der Waals surface area contributed by atoms with Gasteiger partial charge in [-0.2, -0.15) is 0 Å². The minimum absolute atomic E-state index is 0.195. The lowest BCUT2D eigenvalue weighted by atomic mass is 10.2. The predicted octanol–water partition coefficient (Wildman–Crippen LogP) is 3.07. The molecular formula is C9H5ClO2S. The van der Waals surface area contributed by atoms with Gasteiger partial charge in [0.1, 0.15) is 0 Å². The van der Waals surface area contributed by atoms with Gasteiger partial charge in [0.2, 0.25) is 0 Å². The topological polar surface area (TPSA) is 37.3 Å². The second-order valence-corrected chi connectivity index (χ2v) is 4.02. The highest BCUT2D eigenvalue weighted by atomic mass is 35.5. The van der Waals surface area contributed by atoms with Gasteiger partial charge in [-0.3, -0.25) is 4.79 Å². The van der Waals surface area contributed by atoms with E-state index >= 15 is 0 Å². The van der Waals surface area contributed by atoms with Crippen molar-refractivity contribution in [1.29, 1.82) is 0 Å². The number of aldehydes is 1. The number of thiophene rings is 1. The first-order valence-corrected chi connectivity index (χ1v) is 4.78. The lowest BCUT2D eigenvalue weighted by Gasteiger charge is -1.95. The fraction of sp³-hybridized carbons (Fsp3) is 0. The van der Waals surface area contributed by atoms with Crippen molar-refractivity contribution in [2.24, 2.45) is 0 Å². The fourth-order valence-electron chi connectivity index (χ4n) is 1.20. The van der Waals surface area contributed by atoms with Crippen LogP contribution in [-0.2, 0) is 0 Å². The SMILES string of the molecule is O=Cc1c(Cl)ccc2cc(O)sc12. The highest BCUT2D eigenvalue weighted by Gasteiger charge is 2.08. The summed E-state index contributed by atoms with van der Waals surface area (Å²) in [4.78, 5) is 10.7. The first-order chi connectivity index (χ1) is 6.22. The van der Waals surface area contributed by atoms with Gasteiger partial charge in [0.25, 0.3) is 0 Å². The fourth-order valence-corrected chi connectivity index (χ4v) is 2.36. The Hall–Kier alpha value is -1.06. The number of carbonyl (C=O) groups excluding carboxylic acids is 1. The monoisotopic (exact) mass is 212 g/mol. The molecule has 13 heavy (non-hydrogen) atoms. The Morgan fingerprint density at radius 2 is 2.23 bits per heavy atom. The van der Waals surface area contributed by atoms with Crippen LogP contribution in [0.1, 0.15) is 10.4 Å². The summed E-state index contributed by atoms with van der Waals surface area (Å²) in [6.07, 6.45) is 0.709. The molecule has 0 bridgehead atoms. The maximum atomic E-state index is 10.7. The zero-order valence-electron chi connectivity index (χ0n) is 6.45. The zero-order chi connectivity index (χ0) is 9.42. The zero-order valence-corrected chi connectivity index (χ0v) is 8.02. The molecule has 0 saturated heterocycles. The molecule has 4 heteroatoms. The number of hydrogen-bond acceptors (Lipinski definition) is 3. The Kier molecular flexibility index (Phi) is 1.98. The number of benzene rings is 1. The van der Waals surface area contributed by atoms with Crippen LogP contribution in [-0.4, -0.2) is 11.4 Å². The van der Waals surface area contributed by atoms with Gasteiger partial charge in [-0.1, -0.05) is 29.0 Å². The van der Waals surface area contributed by atoms with Gasteiger partial charge < -0.3 is 5.11 Å². The molecule has 0 aliphatic rings. The van der Waals surface area contributed by atoms with Gasteiger partial charge in [-0.25, -0.2) is 0 Å². The second-order valence-electron chi connectivity index (χ2n) is 2.58. The molecule has 0 spiro atoms. The molecule has 66 valence electrons. The smallest absolute Gasteiger partial charge is 0.172 e. The van der Waals surface area contributed by atoms with E-state index in [-0.39, 0.29) is 5.06 Å². The van der Waals surface area contributed by atoms with Crippen LogP contribution in [0.25, 0.3) is 10.1 Å². The molecule has 0 aliphatic carbocycles. The summed E-state index contributed by atoms with van der Waals surface area (Å²) >= 11 is 6.96. The van der Waals surface area contributed by atoms with Crippen molar-refractivity contribution in [1.82, 2.24) is 0 Å². The lowest BCUT2D eigenvalue weighted by Crippen LogP contribution is -1.80. The normalized spacial score (nSPS) is 10.5. The van der Waals surface area contributed by atoms with Crippen LogP contribution in [0.3, 0.4) is 0 Å². The van der Waals surface area contributed by atoms with Gasteiger partial charge in [0.15, 0.2) is 11.3 Å². The lowest BCUT2D eigenvalue weighted by molar-refractivity contribution is 0.112. The van der Waals surface area contributed by atoms with E-state index in [9.17, 15) is 9.90 Å². The third kappa shape index (κ3) is 1.30. The van der Waals surface area contributed by atoms with Crippen molar-refractivity contribution < 1.29 is 9.90 Å². The summed E-state index contributed by atoms with van der Waals surface area (Å²) in [6, 6.07) is 5.05. The Bertz CT molecular complexity index is 476. The Labute approximate surface area is 83.4 Å². The van der Waals surface area contributed by atoms with E-state index in [1.54, 1.807) is 18.2 Å². The number of aromatic hydroxyl groups is 1. The second kappa shape index (κ2) is 3.01. The van der Waals surface area contributed by atoms with Crippen LogP contribution in [0.15, 0.2) is 18.2 Å². The third-order valence-electron chi connectivity index (χ3n) is 1.78. The molecular weight excluding hydrogens is 208 g/mol. The molecule has 0 radical (unpaired) electrons. The van der Waals surface area contributed by atoms with Crippen LogP contribution >= 0.6 is 22.9 Å². The number of hydrogen-bond donors (Lipinski definition) is 1. The van der Waals surface area contributed by atoms with Crippen molar-refractivity contribution in [2.45, 2.75) is 0 Å². The van der Waals surface area contributed by atoms with Gasteiger partial charge in [0.05, 0.1) is 15.3 Å². The number of carbonyl (C=O) groups is 1. The van der Waals surface area contributed by atoms with E-state index in [2.05, 4.69) is 0 Å². The van der Waals surface area contributed by atoms with E-state index in [1.807, 2.05) is 0 Å². The molecule has 0 atom stereocenters. The van der Waals surface area contributed by atoms with E-state index < -0.39 is 0 Å². The van der Waals surface area contributed by atoms with Crippen molar-refractivity contribution in [2.75, 3.05) is 0 Å². The summed E-state index contributed by atoms with van der Waals surface area (Å²) in [5, 5.41) is 10.7. The average Bonchev–Trinajstić information content (AvgIpc) is 2.45. The van der Waals surface area contributed by atoms with E-state index in [0.717, 1.165) is 21.4 Å². The highest BCUT2D eigenvalue weighted by molar-refractivity contribution is 7.21. The molecule has 2 rings (SSSR count). The molecule has 1 N–H and O–H groups in total. The summed E-state index contributed by atoms with van der Waals surface area (Å²) in [5.74, 6) is 0. The summed E-state index contributed by atoms with van der Waals surface area (Å²) in [5.41, 5.74) is 0.449. The van der Waals surface area contributed by atoms with Crippen LogP contribution in [0.5, 0.6) is 5.06 Å². The average molecular weight is 213 g/mol. The van der Waals surface area contributed by atoms with Crippen molar-refractivity contribution in [3.05, 3.63) is 28.8 Å².